The maximum Gasteiger partial charge on any atom is 0.230 e. The average molecular weight is 380 g/mol. The van der Waals surface area contributed by atoms with E-state index < -0.39 is 0 Å². The Morgan fingerprint density at radius 2 is 1.96 bits per heavy atom. The number of thioether (sulfide) groups is 1. The van der Waals surface area contributed by atoms with Crippen LogP contribution in [0.25, 0.3) is 5.69 Å². The van der Waals surface area contributed by atoms with Crippen molar-refractivity contribution in [3.8, 4) is 5.69 Å². The number of carbonyl (C=O) groups is 1. The number of hydrogen-bond acceptors (Lipinski definition) is 3. The summed E-state index contributed by atoms with van der Waals surface area (Å²) in [6.45, 7) is 6.93. The number of rotatable bonds is 7. The molecule has 27 heavy (non-hydrogen) atoms. The van der Waals surface area contributed by atoms with Crippen LogP contribution in [-0.2, 0) is 4.79 Å². The van der Waals surface area contributed by atoms with E-state index in [1.807, 2.05) is 29.0 Å². The molecular formula is C22H25N3OS. The minimum Gasteiger partial charge on any atom is -0.355 e. The van der Waals surface area contributed by atoms with Crippen LogP contribution in [0, 0.1) is 13.8 Å². The van der Waals surface area contributed by atoms with Gasteiger partial charge in [-0.05, 0) is 37.0 Å². The van der Waals surface area contributed by atoms with Gasteiger partial charge in [-0.15, -0.1) is 0 Å². The zero-order chi connectivity index (χ0) is 19.2. The molecule has 3 rings (SSSR count). The third kappa shape index (κ3) is 5.01. The normalized spacial score (nSPS) is 12.0. The lowest BCUT2D eigenvalue weighted by Crippen LogP contribution is -2.29. The summed E-state index contributed by atoms with van der Waals surface area (Å²) in [7, 11) is 0. The lowest BCUT2D eigenvalue weighted by molar-refractivity contribution is -0.118. The van der Waals surface area contributed by atoms with Crippen molar-refractivity contribution in [2.75, 3.05) is 12.3 Å². The summed E-state index contributed by atoms with van der Waals surface area (Å²) in [5.74, 6) is 0.666. The molecule has 1 aromatic heterocycles. The molecule has 1 atom stereocenters. The molecule has 0 aliphatic heterocycles. The number of amides is 1. The van der Waals surface area contributed by atoms with Crippen LogP contribution < -0.4 is 5.32 Å². The second-order valence-electron chi connectivity index (χ2n) is 6.77. The molecule has 1 unspecified atom stereocenters. The lowest BCUT2D eigenvalue weighted by Gasteiger charge is -2.13. The topological polar surface area (TPSA) is 46.9 Å². The summed E-state index contributed by atoms with van der Waals surface area (Å²) in [5, 5.41) is 3.85. The van der Waals surface area contributed by atoms with Crippen LogP contribution in [0.1, 0.15) is 29.5 Å². The largest absolute Gasteiger partial charge is 0.355 e. The zero-order valence-electron chi connectivity index (χ0n) is 16.0. The number of hydrogen-bond donors (Lipinski definition) is 1. The van der Waals surface area contributed by atoms with Crippen molar-refractivity contribution in [1.29, 1.82) is 0 Å². The second kappa shape index (κ2) is 8.91. The Kier molecular flexibility index (Phi) is 6.35. The molecule has 5 heteroatoms. The van der Waals surface area contributed by atoms with Crippen molar-refractivity contribution in [3.05, 3.63) is 77.6 Å². The highest BCUT2D eigenvalue weighted by Gasteiger charge is 2.12. The van der Waals surface area contributed by atoms with Gasteiger partial charge in [0.05, 0.1) is 11.4 Å². The molecular weight excluding hydrogens is 354 g/mol. The Labute approximate surface area is 165 Å². The van der Waals surface area contributed by atoms with Crippen LogP contribution >= 0.6 is 11.8 Å². The molecule has 0 bridgehead atoms. The van der Waals surface area contributed by atoms with E-state index in [1.165, 1.54) is 28.5 Å². The first-order valence-electron chi connectivity index (χ1n) is 9.10. The van der Waals surface area contributed by atoms with E-state index in [-0.39, 0.29) is 11.8 Å². The van der Waals surface area contributed by atoms with Crippen LogP contribution in [0.4, 0.5) is 0 Å². The number of nitrogens with one attached hydrogen (secondary N) is 1. The van der Waals surface area contributed by atoms with Gasteiger partial charge >= 0.3 is 0 Å². The Balaban J connectivity index is 1.56. The van der Waals surface area contributed by atoms with Crippen molar-refractivity contribution < 1.29 is 4.79 Å². The third-order valence-corrected chi connectivity index (χ3v) is 5.49. The molecule has 3 aromatic rings. The van der Waals surface area contributed by atoms with Gasteiger partial charge < -0.3 is 5.32 Å². The van der Waals surface area contributed by atoms with E-state index in [1.54, 1.807) is 6.20 Å². The van der Waals surface area contributed by atoms with Gasteiger partial charge in [0.1, 0.15) is 0 Å². The predicted molar refractivity (Wildman–Crippen MR) is 112 cm³/mol. The van der Waals surface area contributed by atoms with E-state index in [4.69, 9.17) is 0 Å². The molecule has 1 N–H and O–H groups in total. The number of nitrogens with zero attached hydrogens (tertiary/aromatic N) is 2. The van der Waals surface area contributed by atoms with Crippen LogP contribution in [0.5, 0.6) is 0 Å². The standard InChI is InChI=1S/C22H25N3OS/c1-16-9-10-20(17(2)13-16)25-12-11-23-22(25)27-15-21(26)24-14-18(3)19-7-5-4-6-8-19/h4-13,18H,14-15H2,1-3H3,(H,24,26). The molecule has 4 nitrogen and oxygen atoms in total. The van der Waals surface area contributed by atoms with Gasteiger partial charge in [-0.2, -0.15) is 0 Å². The summed E-state index contributed by atoms with van der Waals surface area (Å²) in [6, 6.07) is 16.6. The quantitative estimate of drug-likeness (QED) is 0.615. The Hall–Kier alpha value is -2.53. The second-order valence-corrected chi connectivity index (χ2v) is 7.72. The van der Waals surface area contributed by atoms with Gasteiger partial charge in [0.2, 0.25) is 5.91 Å². The highest BCUT2D eigenvalue weighted by molar-refractivity contribution is 7.99. The number of aromatic nitrogens is 2. The fraction of sp³-hybridized carbons (Fsp3) is 0.273. The fourth-order valence-electron chi connectivity index (χ4n) is 3.00. The van der Waals surface area contributed by atoms with Crippen molar-refractivity contribution in [3.63, 3.8) is 0 Å². The molecule has 0 spiro atoms. The Morgan fingerprint density at radius 3 is 2.70 bits per heavy atom. The van der Waals surface area contributed by atoms with Crippen LogP contribution in [-0.4, -0.2) is 27.8 Å². The molecule has 0 radical (unpaired) electrons. The van der Waals surface area contributed by atoms with Crippen molar-refractivity contribution in [2.45, 2.75) is 31.8 Å². The van der Waals surface area contributed by atoms with Gasteiger partial charge in [0, 0.05) is 18.9 Å². The van der Waals surface area contributed by atoms with Gasteiger partial charge in [-0.1, -0.05) is 66.7 Å². The Bertz CT molecular complexity index is 905. The summed E-state index contributed by atoms with van der Waals surface area (Å²) in [5.41, 5.74) is 4.75. The van der Waals surface area contributed by atoms with Crippen LogP contribution in [0.3, 0.4) is 0 Å². The summed E-state index contributed by atoms with van der Waals surface area (Å²) in [4.78, 5) is 16.7. The molecule has 1 heterocycles. The van der Waals surface area contributed by atoms with Crippen molar-refractivity contribution in [1.82, 2.24) is 14.9 Å². The highest BCUT2D eigenvalue weighted by Crippen LogP contribution is 2.23. The van der Waals surface area contributed by atoms with E-state index in [0.717, 1.165) is 10.8 Å². The fourth-order valence-corrected chi connectivity index (χ4v) is 3.80. The first-order chi connectivity index (χ1) is 13.0. The molecule has 0 aliphatic rings. The van der Waals surface area contributed by atoms with Gasteiger partial charge in [0.25, 0.3) is 0 Å². The SMILES string of the molecule is Cc1ccc(-n2ccnc2SCC(=O)NCC(C)c2ccccc2)c(C)c1. The number of aryl methyl sites for hydroxylation is 2. The molecule has 0 fully saturated rings. The van der Waals surface area contributed by atoms with E-state index >= 15 is 0 Å². The molecule has 140 valence electrons. The van der Waals surface area contributed by atoms with Crippen molar-refractivity contribution >= 4 is 17.7 Å². The zero-order valence-corrected chi connectivity index (χ0v) is 16.8. The monoisotopic (exact) mass is 379 g/mol. The first-order valence-corrected chi connectivity index (χ1v) is 10.1. The summed E-state index contributed by atoms with van der Waals surface area (Å²) >= 11 is 1.46. The van der Waals surface area contributed by atoms with Crippen molar-refractivity contribution in [2.24, 2.45) is 0 Å². The van der Waals surface area contributed by atoms with E-state index in [9.17, 15) is 4.79 Å². The number of benzene rings is 2. The molecule has 0 saturated carbocycles. The number of imidazole rings is 1. The molecule has 0 saturated heterocycles. The molecule has 0 aliphatic carbocycles. The maximum atomic E-state index is 12.3. The lowest BCUT2D eigenvalue weighted by atomic mass is 10.0. The smallest absolute Gasteiger partial charge is 0.230 e. The van der Waals surface area contributed by atoms with E-state index in [2.05, 4.69) is 61.4 Å². The van der Waals surface area contributed by atoms with E-state index in [0.29, 0.717) is 12.3 Å². The maximum absolute atomic E-state index is 12.3. The minimum absolute atomic E-state index is 0.0259. The minimum atomic E-state index is 0.0259. The highest BCUT2D eigenvalue weighted by atomic mass is 32.2. The Morgan fingerprint density at radius 1 is 1.19 bits per heavy atom. The molecule has 1 amide bonds. The predicted octanol–water partition coefficient (Wildman–Crippen LogP) is 4.50. The molecule has 2 aromatic carbocycles. The average Bonchev–Trinajstić information content (AvgIpc) is 3.13. The van der Waals surface area contributed by atoms with Crippen LogP contribution in [0.15, 0.2) is 66.1 Å². The van der Waals surface area contributed by atoms with Crippen LogP contribution in [0.2, 0.25) is 0 Å². The van der Waals surface area contributed by atoms with Gasteiger partial charge in [-0.25, -0.2) is 4.98 Å². The summed E-state index contributed by atoms with van der Waals surface area (Å²) < 4.78 is 2.04. The third-order valence-electron chi connectivity index (χ3n) is 4.53. The van der Waals surface area contributed by atoms with Gasteiger partial charge in [0.15, 0.2) is 5.16 Å². The number of carbonyl (C=O) groups excluding carboxylic acids is 1. The first kappa shape index (κ1) is 19.2. The summed E-state index contributed by atoms with van der Waals surface area (Å²) in [6.07, 6.45) is 3.71. The van der Waals surface area contributed by atoms with Gasteiger partial charge in [-0.3, -0.25) is 9.36 Å².